The lowest BCUT2D eigenvalue weighted by atomic mass is 10.1. The van der Waals surface area contributed by atoms with Crippen molar-refractivity contribution < 1.29 is 14.3 Å². The van der Waals surface area contributed by atoms with Gasteiger partial charge < -0.3 is 14.4 Å². The normalized spacial score (nSPS) is 14.0. The summed E-state index contributed by atoms with van der Waals surface area (Å²) in [6.07, 6.45) is 3.41. The van der Waals surface area contributed by atoms with Crippen molar-refractivity contribution in [3.8, 4) is 11.5 Å². The van der Waals surface area contributed by atoms with Gasteiger partial charge in [-0.25, -0.2) is 0 Å². The molecule has 0 fully saturated rings. The van der Waals surface area contributed by atoms with Crippen molar-refractivity contribution in [2.75, 3.05) is 20.3 Å². The molecule has 1 aliphatic rings. The van der Waals surface area contributed by atoms with E-state index in [0.717, 1.165) is 22.2 Å². The number of hydrogen-bond donors (Lipinski definition) is 1. The van der Waals surface area contributed by atoms with Gasteiger partial charge in [-0.3, -0.25) is 14.9 Å². The molecule has 0 saturated heterocycles. The molecule has 7 nitrogen and oxygen atoms in total. The molecule has 0 bridgehead atoms. The Hall–Kier alpha value is -3.09. The maximum absolute atomic E-state index is 13.0. The number of carbonyl (C=O) groups is 1. The largest absolute Gasteiger partial charge is 0.497 e. The Labute approximate surface area is 138 Å². The lowest BCUT2D eigenvalue weighted by Gasteiger charge is -2.18. The van der Waals surface area contributed by atoms with Crippen molar-refractivity contribution in [1.29, 1.82) is 0 Å². The van der Waals surface area contributed by atoms with Crippen molar-refractivity contribution >= 4 is 16.8 Å². The first-order valence-electron chi connectivity index (χ1n) is 7.63. The van der Waals surface area contributed by atoms with Crippen LogP contribution in [0.4, 0.5) is 0 Å². The van der Waals surface area contributed by atoms with Crippen LogP contribution >= 0.6 is 0 Å². The average Bonchev–Trinajstić information content (AvgIpc) is 2.91. The molecule has 122 valence electrons. The smallest absolute Gasteiger partial charge is 0.275 e. The molecule has 1 aliphatic heterocycles. The van der Waals surface area contributed by atoms with E-state index in [1.807, 2.05) is 24.3 Å². The highest BCUT2D eigenvalue weighted by molar-refractivity contribution is 6.05. The Kier molecular flexibility index (Phi) is 3.53. The number of ether oxygens (including phenoxy) is 2. The molecule has 0 aliphatic carbocycles. The highest BCUT2D eigenvalue weighted by Gasteiger charge is 2.24. The molecule has 24 heavy (non-hydrogen) atoms. The zero-order valence-electron chi connectivity index (χ0n) is 13.2. The number of amides is 1. The van der Waals surface area contributed by atoms with Gasteiger partial charge in [0, 0.05) is 23.3 Å². The molecule has 0 spiro atoms. The first kappa shape index (κ1) is 14.5. The SMILES string of the molecule is COc1ccc2[nH]nc(C(=O)N3CCOc4ccncc4C3)c2c1. The molecule has 7 heteroatoms. The number of rotatable bonds is 2. The van der Waals surface area contributed by atoms with E-state index in [0.29, 0.717) is 31.1 Å². The molecule has 2 aromatic heterocycles. The lowest BCUT2D eigenvalue weighted by molar-refractivity contribution is 0.0729. The van der Waals surface area contributed by atoms with Gasteiger partial charge in [-0.2, -0.15) is 5.10 Å². The van der Waals surface area contributed by atoms with E-state index in [2.05, 4.69) is 15.2 Å². The molecule has 0 saturated carbocycles. The highest BCUT2D eigenvalue weighted by atomic mass is 16.5. The molecule has 3 heterocycles. The monoisotopic (exact) mass is 324 g/mol. The van der Waals surface area contributed by atoms with Gasteiger partial charge in [-0.15, -0.1) is 0 Å². The molecule has 0 atom stereocenters. The Morgan fingerprint density at radius 2 is 2.29 bits per heavy atom. The van der Waals surface area contributed by atoms with Crippen LogP contribution < -0.4 is 9.47 Å². The second-order valence-corrected chi connectivity index (χ2v) is 5.54. The van der Waals surface area contributed by atoms with Crippen LogP contribution in [0.2, 0.25) is 0 Å². The summed E-state index contributed by atoms with van der Waals surface area (Å²) in [5.74, 6) is 1.32. The van der Waals surface area contributed by atoms with Crippen molar-refractivity contribution in [2.24, 2.45) is 0 Å². The predicted octanol–water partition coefficient (Wildman–Crippen LogP) is 2.00. The van der Waals surface area contributed by atoms with Gasteiger partial charge in [0.15, 0.2) is 5.69 Å². The number of carbonyl (C=O) groups excluding carboxylic acids is 1. The number of methoxy groups -OCH3 is 1. The van der Waals surface area contributed by atoms with Crippen LogP contribution in [-0.2, 0) is 6.54 Å². The minimum absolute atomic E-state index is 0.144. The number of aromatic nitrogens is 3. The first-order valence-corrected chi connectivity index (χ1v) is 7.63. The van der Waals surface area contributed by atoms with Crippen LogP contribution in [0.25, 0.3) is 10.9 Å². The summed E-state index contributed by atoms with van der Waals surface area (Å²) in [7, 11) is 1.60. The third-order valence-electron chi connectivity index (χ3n) is 4.10. The van der Waals surface area contributed by atoms with Gasteiger partial charge in [0.25, 0.3) is 5.91 Å². The van der Waals surface area contributed by atoms with Crippen LogP contribution in [0.1, 0.15) is 16.1 Å². The summed E-state index contributed by atoms with van der Waals surface area (Å²) >= 11 is 0. The predicted molar refractivity (Wildman–Crippen MR) is 87.1 cm³/mol. The van der Waals surface area contributed by atoms with E-state index in [4.69, 9.17) is 9.47 Å². The number of H-pyrrole nitrogens is 1. The summed E-state index contributed by atoms with van der Waals surface area (Å²) in [6.45, 7) is 1.38. The van der Waals surface area contributed by atoms with Crippen LogP contribution in [0.15, 0.2) is 36.7 Å². The minimum atomic E-state index is -0.144. The topological polar surface area (TPSA) is 80.3 Å². The van der Waals surface area contributed by atoms with Gasteiger partial charge in [-0.05, 0) is 24.3 Å². The minimum Gasteiger partial charge on any atom is -0.497 e. The van der Waals surface area contributed by atoms with Gasteiger partial charge in [0.05, 0.1) is 25.7 Å². The fourth-order valence-electron chi connectivity index (χ4n) is 2.83. The Balaban J connectivity index is 1.69. The van der Waals surface area contributed by atoms with Crippen molar-refractivity contribution in [1.82, 2.24) is 20.1 Å². The second-order valence-electron chi connectivity index (χ2n) is 5.54. The van der Waals surface area contributed by atoms with E-state index < -0.39 is 0 Å². The number of nitrogens with zero attached hydrogens (tertiary/aromatic N) is 3. The van der Waals surface area contributed by atoms with Crippen molar-refractivity contribution in [3.63, 3.8) is 0 Å². The second kappa shape index (κ2) is 5.84. The number of aromatic amines is 1. The molecule has 1 N–H and O–H groups in total. The van der Waals surface area contributed by atoms with Crippen LogP contribution in [0.5, 0.6) is 11.5 Å². The molecular formula is C17H16N4O3. The van der Waals surface area contributed by atoms with Gasteiger partial charge in [0.2, 0.25) is 0 Å². The molecule has 4 rings (SSSR count). The first-order chi connectivity index (χ1) is 11.8. The molecule has 1 aromatic carbocycles. The van der Waals surface area contributed by atoms with Crippen LogP contribution in [-0.4, -0.2) is 46.2 Å². The van der Waals surface area contributed by atoms with Crippen LogP contribution in [0, 0.1) is 0 Å². The van der Waals surface area contributed by atoms with E-state index >= 15 is 0 Å². The lowest BCUT2D eigenvalue weighted by Crippen LogP contribution is -2.32. The number of benzene rings is 1. The van der Waals surface area contributed by atoms with Gasteiger partial charge >= 0.3 is 0 Å². The highest BCUT2D eigenvalue weighted by Crippen LogP contribution is 2.26. The molecule has 0 radical (unpaired) electrons. The van der Waals surface area contributed by atoms with E-state index in [1.165, 1.54) is 0 Å². The third-order valence-corrected chi connectivity index (χ3v) is 4.10. The average molecular weight is 324 g/mol. The number of fused-ring (bicyclic) bond motifs is 2. The quantitative estimate of drug-likeness (QED) is 0.780. The molecule has 3 aromatic rings. The fourth-order valence-corrected chi connectivity index (χ4v) is 2.83. The van der Waals surface area contributed by atoms with E-state index in [9.17, 15) is 4.79 Å². The maximum atomic E-state index is 13.0. The van der Waals surface area contributed by atoms with E-state index in [1.54, 1.807) is 24.4 Å². The summed E-state index contributed by atoms with van der Waals surface area (Å²) < 4.78 is 10.9. The fraction of sp³-hybridized carbons (Fsp3) is 0.235. The molecular weight excluding hydrogens is 308 g/mol. The summed E-state index contributed by atoms with van der Waals surface area (Å²) in [5.41, 5.74) is 2.07. The van der Waals surface area contributed by atoms with Gasteiger partial charge in [0.1, 0.15) is 18.1 Å². The Morgan fingerprint density at radius 3 is 3.17 bits per heavy atom. The third kappa shape index (κ3) is 2.44. The summed E-state index contributed by atoms with van der Waals surface area (Å²) in [5, 5.41) is 7.85. The molecule has 1 amide bonds. The zero-order chi connectivity index (χ0) is 16.5. The Morgan fingerprint density at radius 1 is 1.38 bits per heavy atom. The van der Waals surface area contributed by atoms with Gasteiger partial charge in [-0.1, -0.05) is 0 Å². The standard InChI is InChI=1S/C17H16N4O3/c1-23-12-2-3-14-13(8-12)16(20-19-14)17(22)21-6-7-24-15-4-5-18-9-11(15)10-21/h2-5,8-9H,6-7,10H2,1H3,(H,19,20). The Bertz CT molecular complexity index is 906. The molecule has 0 unspecified atom stereocenters. The van der Waals surface area contributed by atoms with E-state index in [-0.39, 0.29) is 5.91 Å². The maximum Gasteiger partial charge on any atom is 0.275 e. The number of hydrogen-bond acceptors (Lipinski definition) is 5. The summed E-state index contributed by atoms with van der Waals surface area (Å²) in [4.78, 5) is 18.8. The van der Waals surface area contributed by atoms with Crippen LogP contribution in [0.3, 0.4) is 0 Å². The number of nitrogens with one attached hydrogen (secondary N) is 1. The number of pyridine rings is 1. The summed E-state index contributed by atoms with van der Waals surface area (Å²) in [6, 6.07) is 7.31. The zero-order valence-corrected chi connectivity index (χ0v) is 13.2. The van der Waals surface area contributed by atoms with Crippen molar-refractivity contribution in [2.45, 2.75) is 6.54 Å². The van der Waals surface area contributed by atoms with Crippen molar-refractivity contribution in [3.05, 3.63) is 47.9 Å².